The van der Waals surface area contributed by atoms with E-state index in [4.69, 9.17) is 0 Å². The molecule has 0 amide bonds. The number of sulfonamides is 1. The first-order valence-electron chi connectivity index (χ1n) is 7.03. The first-order chi connectivity index (χ1) is 10.5. The Balaban J connectivity index is 3.10. The molecule has 2 N–H and O–H groups in total. The maximum atomic E-state index is 12.5. The van der Waals surface area contributed by atoms with Crippen molar-refractivity contribution in [3.63, 3.8) is 0 Å². The fourth-order valence-corrected chi connectivity index (χ4v) is 4.14. The van der Waals surface area contributed by atoms with Gasteiger partial charge in [0.25, 0.3) is 0 Å². The molecule has 1 aromatic rings. The Morgan fingerprint density at radius 1 is 1.00 bits per heavy atom. The molecule has 23 heavy (non-hydrogen) atoms. The second-order valence-electron chi connectivity index (χ2n) is 5.76. The van der Waals surface area contributed by atoms with Crippen LogP contribution in [0.2, 0.25) is 0 Å². The number of benzene rings is 1. The highest BCUT2D eigenvalue weighted by atomic mass is 32.2. The summed E-state index contributed by atoms with van der Waals surface area (Å²) in [6, 6.07) is 5.00. The molecule has 0 radical (unpaired) electrons. The van der Waals surface area contributed by atoms with E-state index in [9.17, 15) is 27.0 Å². The minimum Gasteiger partial charge on any atom is -0.396 e. The predicted octanol–water partition coefficient (Wildman–Crippen LogP) is 0.0916. The van der Waals surface area contributed by atoms with Crippen molar-refractivity contribution >= 4 is 19.9 Å². The minimum absolute atomic E-state index is 0.0479. The molecule has 0 fully saturated rings. The third-order valence-corrected chi connectivity index (χ3v) is 7.21. The summed E-state index contributed by atoms with van der Waals surface area (Å²) >= 11 is 0. The van der Waals surface area contributed by atoms with Crippen LogP contribution in [0.15, 0.2) is 34.1 Å². The van der Waals surface area contributed by atoms with E-state index in [1.807, 2.05) is 0 Å². The third kappa shape index (κ3) is 4.51. The van der Waals surface area contributed by atoms with Gasteiger partial charge in [0.05, 0.1) is 28.8 Å². The van der Waals surface area contributed by atoms with Crippen molar-refractivity contribution in [3.8, 4) is 0 Å². The highest BCUT2D eigenvalue weighted by Crippen LogP contribution is 2.22. The fourth-order valence-electron chi connectivity index (χ4n) is 1.94. The average Bonchev–Trinajstić information content (AvgIpc) is 2.54. The zero-order valence-electron chi connectivity index (χ0n) is 13.4. The van der Waals surface area contributed by atoms with Crippen molar-refractivity contribution < 1.29 is 27.0 Å². The molecule has 0 aromatic heterocycles. The lowest BCUT2D eigenvalue weighted by Crippen LogP contribution is -2.41. The van der Waals surface area contributed by atoms with Gasteiger partial charge in [0.15, 0.2) is 9.84 Å². The molecule has 7 nitrogen and oxygen atoms in total. The summed E-state index contributed by atoms with van der Waals surface area (Å²) in [4.78, 5) is 0.0189. The minimum atomic E-state index is -3.85. The van der Waals surface area contributed by atoms with Gasteiger partial charge in [-0.1, -0.05) is 13.8 Å². The van der Waals surface area contributed by atoms with Gasteiger partial charge >= 0.3 is 0 Å². The van der Waals surface area contributed by atoms with Crippen LogP contribution >= 0.6 is 0 Å². The lowest BCUT2D eigenvalue weighted by atomic mass is 9.93. The van der Waals surface area contributed by atoms with Gasteiger partial charge in [0.1, 0.15) is 0 Å². The number of hydrogen-bond donors (Lipinski definition) is 2. The maximum absolute atomic E-state index is 12.5. The molecule has 0 saturated heterocycles. The molecular formula is C14H23NO6S2. The van der Waals surface area contributed by atoms with Gasteiger partial charge in [0, 0.05) is 19.0 Å². The van der Waals surface area contributed by atoms with Gasteiger partial charge in [-0.25, -0.2) is 21.1 Å². The van der Waals surface area contributed by atoms with Crippen LogP contribution in [0.25, 0.3) is 0 Å². The summed E-state index contributed by atoms with van der Waals surface area (Å²) in [7, 11) is -5.89. The Morgan fingerprint density at radius 2 is 1.43 bits per heavy atom. The van der Waals surface area contributed by atoms with Crippen LogP contribution in [-0.4, -0.2) is 63.9 Å². The van der Waals surface area contributed by atoms with E-state index in [-0.39, 0.29) is 35.3 Å². The summed E-state index contributed by atoms with van der Waals surface area (Å²) in [5.41, 5.74) is -0.965. The second kappa shape index (κ2) is 7.27. The normalized spacial score (nSPS) is 13.5. The number of hydrogen-bond acceptors (Lipinski definition) is 6. The topological polar surface area (TPSA) is 112 Å². The molecule has 0 aliphatic rings. The number of nitrogens with zero attached hydrogens (tertiary/aromatic N) is 1. The predicted molar refractivity (Wildman–Crippen MR) is 86.3 cm³/mol. The summed E-state index contributed by atoms with van der Waals surface area (Å²) in [6.45, 7) is 2.28. The first-order valence-corrected chi connectivity index (χ1v) is 10.1. The maximum Gasteiger partial charge on any atom is 0.242 e. The summed E-state index contributed by atoms with van der Waals surface area (Å²) in [5.74, 6) is -0.0651. The van der Waals surface area contributed by atoms with E-state index in [0.29, 0.717) is 0 Å². The van der Waals surface area contributed by atoms with E-state index in [2.05, 4.69) is 0 Å². The van der Waals surface area contributed by atoms with Crippen molar-refractivity contribution in [2.45, 2.75) is 23.6 Å². The van der Waals surface area contributed by atoms with E-state index in [0.717, 1.165) is 4.31 Å². The Morgan fingerprint density at radius 3 is 1.83 bits per heavy atom. The van der Waals surface area contributed by atoms with E-state index >= 15 is 0 Å². The second-order valence-corrected chi connectivity index (χ2v) is 10.1. The molecular weight excluding hydrogens is 342 g/mol. The quantitative estimate of drug-likeness (QED) is 0.675. The molecule has 0 bridgehead atoms. The molecule has 132 valence electrons. The van der Waals surface area contributed by atoms with Gasteiger partial charge in [0.2, 0.25) is 10.0 Å². The average molecular weight is 365 g/mol. The van der Waals surface area contributed by atoms with Crippen LogP contribution < -0.4 is 0 Å². The number of sulfone groups is 1. The SMILES string of the molecule is CCS(=O)(=O)c1ccc(S(=O)(=O)N(C)CC(C)(CO)CO)cc1. The Hall–Kier alpha value is -1.00. The van der Waals surface area contributed by atoms with Crippen molar-refractivity contribution in [3.05, 3.63) is 24.3 Å². The molecule has 0 unspecified atom stereocenters. The summed E-state index contributed by atoms with van der Waals surface area (Å²) < 4.78 is 49.5. The Bertz CT molecular complexity index is 721. The standard InChI is InChI=1S/C14H23NO6S2/c1-4-22(18,19)12-5-7-13(8-6-12)23(20,21)15(3)9-14(2,10-16)11-17/h5-8,16-17H,4,9-11H2,1-3H3. The van der Waals surface area contributed by atoms with E-state index < -0.39 is 25.3 Å². The lowest BCUT2D eigenvalue weighted by Gasteiger charge is -2.29. The highest BCUT2D eigenvalue weighted by Gasteiger charge is 2.30. The van der Waals surface area contributed by atoms with Crippen LogP contribution in [0.5, 0.6) is 0 Å². The van der Waals surface area contributed by atoms with Crippen molar-refractivity contribution in [1.29, 1.82) is 0 Å². The largest absolute Gasteiger partial charge is 0.396 e. The molecule has 0 aliphatic carbocycles. The molecule has 0 heterocycles. The third-order valence-electron chi connectivity index (χ3n) is 3.64. The smallest absolute Gasteiger partial charge is 0.242 e. The van der Waals surface area contributed by atoms with Crippen LogP contribution in [0.1, 0.15) is 13.8 Å². The first kappa shape index (κ1) is 20.0. The van der Waals surface area contributed by atoms with Crippen LogP contribution in [-0.2, 0) is 19.9 Å². The zero-order valence-corrected chi connectivity index (χ0v) is 15.1. The van der Waals surface area contributed by atoms with Gasteiger partial charge in [-0.3, -0.25) is 0 Å². The molecule has 0 aliphatic heterocycles. The molecule has 1 aromatic carbocycles. The zero-order chi connectivity index (χ0) is 17.9. The number of aliphatic hydroxyl groups excluding tert-OH is 2. The summed E-state index contributed by atoms with van der Waals surface area (Å²) in [6.07, 6.45) is 0. The van der Waals surface area contributed by atoms with Gasteiger partial charge in [-0.2, -0.15) is 0 Å². The highest BCUT2D eigenvalue weighted by molar-refractivity contribution is 7.91. The monoisotopic (exact) mass is 365 g/mol. The Labute approximate surface area is 137 Å². The fraction of sp³-hybridized carbons (Fsp3) is 0.571. The van der Waals surface area contributed by atoms with E-state index in [1.165, 1.54) is 38.2 Å². The Kier molecular flexibility index (Phi) is 6.33. The molecule has 0 saturated carbocycles. The van der Waals surface area contributed by atoms with Gasteiger partial charge in [-0.15, -0.1) is 0 Å². The lowest BCUT2D eigenvalue weighted by molar-refractivity contribution is 0.0577. The van der Waals surface area contributed by atoms with Crippen LogP contribution in [0, 0.1) is 5.41 Å². The summed E-state index contributed by atoms with van der Waals surface area (Å²) in [5, 5.41) is 18.6. The van der Waals surface area contributed by atoms with Crippen molar-refractivity contribution in [2.24, 2.45) is 5.41 Å². The molecule has 0 atom stereocenters. The molecule has 9 heteroatoms. The number of rotatable bonds is 8. The van der Waals surface area contributed by atoms with Gasteiger partial charge < -0.3 is 10.2 Å². The molecule has 1 rings (SSSR count). The van der Waals surface area contributed by atoms with Crippen molar-refractivity contribution in [1.82, 2.24) is 4.31 Å². The van der Waals surface area contributed by atoms with E-state index in [1.54, 1.807) is 6.92 Å². The van der Waals surface area contributed by atoms with Crippen LogP contribution in [0.3, 0.4) is 0 Å². The van der Waals surface area contributed by atoms with Crippen molar-refractivity contribution in [2.75, 3.05) is 32.6 Å². The van der Waals surface area contributed by atoms with Gasteiger partial charge in [-0.05, 0) is 24.3 Å². The number of aliphatic hydroxyl groups is 2. The molecule has 0 spiro atoms. The van der Waals surface area contributed by atoms with Crippen LogP contribution in [0.4, 0.5) is 0 Å².